The molecule has 0 saturated carbocycles. The smallest absolute Gasteiger partial charge is 0.0540 e. The van der Waals surface area contributed by atoms with Crippen molar-refractivity contribution in [3.05, 3.63) is 168 Å². The monoisotopic (exact) mass is 592 g/mol. The highest BCUT2D eigenvalue weighted by Crippen LogP contribution is 2.52. The van der Waals surface area contributed by atoms with Crippen LogP contribution in [-0.4, -0.2) is 0 Å². The fourth-order valence-electron chi connectivity index (χ4n) is 6.81. The molecule has 0 aliphatic heterocycles. The second kappa shape index (κ2) is 11.1. The highest BCUT2D eigenvalue weighted by Gasteiger charge is 2.26. The van der Waals surface area contributed by atoms with Crippen molar-refractivity contribution in [3.8, 4) is 22.3 Å². The Labute approximate surface area is 271 Å². The standard InChI is InChI=1S/C44H36N2/c1-29-8-16-33(17-9-29)45(34-18-10-30(2)11-19-34)37-24-25-38-40-26-27-43(41-7-5-6-39(44(40)41)42(38)28-37)46(35-20-12-31(3)13-21-35)36-22-14-32(4)15-23-36/h5-28H,1-4H3. The van der Waals surface area contributed by atoms with Crippen molar-refractivity contribution in [2.24, 2.45) is 0 Å². The minimum atomic E-state index is 1.15. The van der Waals surface area contributed by atoms with Gasteiger partial charge in [-0.2, -0.15) is 0 Å². The van der Waals surface area contributed by atoms with Crippen molar-refractivity contribution in [2.45, 2.75) is 27.7 Å². The molecule has 0 atom stereocenters. The highest BCUT2D eigenvalue weighted by atomic mass is 15.1. The Balaban J connectivity index is 1.30. The number of anilines is 6. The molecular weight excluding hydrogens is 556 g/mol. The fourth-order valence-corrected chi connectivity index (χ4v) is 6.81. The fraction of sp³-hybridized carbons (Fsp3) is 0.0909. The summed E-state index contributed by atoms with van der Waals surface area (Å²) < 4.78 is 0. The van der Waals surface area contributed by atoms with Crippen LogP contribution >= 0.6 is 0 Å². The van der Waals surface area contributed by atoms with E-state index in [-0.39, 0.29) is 0 Å². The lowest BCUT2D eigenvalue weighted by atomic mass is 10.00. The summed E-state index contributed by atoms with van der Waals surface area (Å²) in [5, 5.41) is 2.57. The number of fused-ring (bicyclic) bond motifs is 3. The summed E-state index contributed by atoms with van der Waals surface area (Å²) in [6.45, 7) is 8.56. The minimum Gasteiger partial charge on any atom is -0.310 e. The zero-order chi connectivity index (χ0) is 31.4. The van der Waals surface area contributed by atoms with E-state index >= 15 is 0 Å². The van der Waals surface area contributed by atoms with E-state index < -0.39 is 0 Å². The van der Waals surface area contributed by atoms with Gasteiger partial charge in [0, 0.05) is 33.8 Å². The lowest BCUT2D eigenvalue weighted by Crippen LogP contribution is -2.10. The number of nitrogens with zero attached hydrogens (tertiary/aromatic N) is 2. The summed E-state index contributed by atoms with van der Waals surface area (Å²) in [7, 11) is 0. The number of aryl methyl sites for hydroxylation is 4. The molecule has 7 aromatic carbocycles. The van der Waals surface area contributed by atoms with E-state index in [9.17, 15) is 0 Å². The Morgan fingerprint density at radius 2 is 0.739 bits per heavy atom. The molecule has 46 heavy (non-hydrogen) atoms. The molecule has 2 nitrogen and oxygen atoms in total. The van der Waals surface area contributed by atoms with Crippen molar-refractivity contribution < 1.29 is 0 Å². The number of hydrogen-bond acceptors (Lipinski definition) is 2. The molecule has 0 aromatic heterocycles. The lowest BCUT2D eigenvalue weighted by molar-refractivity contribution is 1.27. The molecule has 0 unspecified atom stereocenters. The van der Waals surface area contributed by atoms with Gasteiger partial charge in [0.1, 0.15) is 0 Å². The van der Waals surface area contributed by atoms with E-state index in [1.54, 1.807) is 0 Å². The molecule has 8 rings (SSSR count). The Kier molecular flexibility index (Phi) is 6.73. The van der Waals surface area contributed by atoms with Crippen LogP contribution in [0.5, 0.6) is 0 Å². The molecule has 0 radical (unpaired) electrons. The predicted octanol–water partition coefficient (Wildman–Crippen LogP) is 12.7. The molecule has 1 aliphatic rings. The predicted molar refractivity (Wildman–Crippen MR) is 197 cm³/mol. The third kappa shape index (κ3) is 4.74. The average molecular weight is 593 g/mol. The van der Waals surface area contributed by atoms with Crippen LogP contribution in [0.3, 0.4) is 0 Å². The van der Waals surface area contributed by atoms with Gasteiger partial charge >= 0.3 is 0 Å². The van der Waals surface area contributed by atoms with E-state index in [2.05, 4.69) is 183 Å². The normalized spacial score (nSPS) is 11.5. The van der Waals surface area contributed by atoms with Crippen LogP contribution in [-0.2, 0) is 0 Å². The minimum absolute atomic E-state index is 1.15. The zero-order valence-corrected chi connectivity index (χ0v) is 26.8. The summed E-state index contributed by atoms with van der Waals surface area (Å²) in [4.78, 5) is 4.76. The van der Waals surface area contributed by atoms with Gasteiger partial charge in [0.05, 0.1) is 5.69 Å². The van der Waals surface area contributed by atoms with Gasteiger partial charge in [-0.05, 0) is 122 Å². The largest absolute Gasteiger partial charge is 0.310 e. The molecule has 0 N–H and O–H groups in total. The molecule has 0 heterocycles. The Morgan fingerprint density at radius 1 is 0.326 bits per heavy atom. The molecule has 7 aromatic rings. The van der Waals surface area contributed by atoms with Gasteiger partial charge in [-0.15, -0.1) is 0 Å². The van der Waals surface area contributed by atoms with E-state index in [1.165, 1.54) is 61.0 Å². The van der Waals surface area contributed by atoms with Gasteiger partial charge in [-0.1, -0.05) is 101 Å². The van der Waals surface area contributed by atoms with Gasteiger partial charge in [0.15, 0.2) is 0 Å². The Bertz CT molecular complexity index is 2120. The second-order valence-corrected chi connectivity index (χ2v) is 12.6. The topological polar surface area (TPSA) is 6.48 Å². The first-order valence-electron chi connectivity index (χ1n) is 16.0. The summed E-state index contributed by atoms with van der Waals surface area (Å²) in [5.74, 6) is 0. The number of benzene rings is 7. The Hall–Kier alpha value is -5.60. The van der Waals surface area contributed by atoms with Gasteiger partial charge in [-0.3, -0.25) is 0 Å². The van der Waals surface area contributed by atoms with E-state index in [4.69, 9.17) is 0 Å². The maximum Gasteiger partial charge on any atom is 0.0540 e. The first-order valence-corrected chi connectivity index (χ1v) is 16.0. The van der Waals surface area contributed by atoms with Crippen molar-refractivity contribution in [2.75, 3.05) is 9.80 Å². The van der Waals surface area contributed by atoms with E-state index in [1.807, 2.05) is 0 Å². The van der Waals surface area contributed by atoms with Gasteiger partial charge in [0.2, 0.25) is 0 Å². The van der Waals surface area contributed by atoms with Crippen LogP contribution < -0.4 is 9.80 Å². The summed E-state index contributed by atoms with van der Waals surface area (Å²) in [6.07, 6.45) is 0. The molecule has 0 spiro atoms. The number of rotatable bonds is 6. The average Bonchev–Trinajstić information content (AvgIpc) is 3.40. The van der Waals surface area contributed by atoms with Crippen LogP contribution in [0, 0.1) is 27.7 Å². The highest BCUT2D eigenvalue weighted by molar-refractivity contribution is 6.19. The first kappa shape index (κ1) is 27.9. The summed E-state index contributed by atoms with van der Waals surface area (Å²) in [6, 6.07) is 53.7. The molecular formula is C44H36N2. The van der Waals surface area contributed by atoms with Crippen LogP contribution in [0.4, 0.5) is 34.1 Å². The van der Waals surface area contributed by atoms with Crippen molar-refractivity contribution in [1.82, 2.24) is 0 Å². The van der Waals surface area contributed by atoms with E-state index in [0.29, 0.717) is 0 Å². The summed E-state index contributed by atoms with van der Waals surface area (Å²) >= 11 is 0. The van der Waals surface area contributed by atoms with Gasteiger partial charge in [0.25, 0.3) is 0 Å². The van der Waals surface area contributed by atoms with Crippen molar-refractivity contribution in [3.63, 3.8) is 0 Å². The van der Waals surface area contributed by atoms with Crippen molar-refractivity contribution in [1.29, 1.82) is 0 Å². The van der Waals surface area contributed by atoms with E-state index in [0.717, 1.165) is 28.4 Å². The number of hydrogen-bond donors (Lipinski definition) is 0. The van der Waals surface area contributed by atoms with Crippen LogP contribution in [0.1, 0.15) is 22.3 Å². The first-order chi connectivity index (χ1) is 22.4. The second-order valence-electron chi connectivity index (χ2n) is 12.6. The molecule has 222 valence electrons. The van der Waals surface area contributed by atoms with Crippen LogP contribution in [0.25, 0.3) is 33.0 Å². The summed E-state index contributed by atoms with van der Waals surface area (Å²) in [5.41, 5.74) is 17.1. The van der Waals surface area contributed by atoms with Crippen LogP contribution in [0.15, 0.2) is 146 Å². The molecule has 2 heteroatoms. The van der Waals surface area contributed by atoms with Gasteiger partial charge in [-0.25, -0.2) is 0 Å². The lowest BCUT2D eigenvalue weighted by Gasteiger charge is -2.27. The zero-order valence-electron chi connectivity index (χ0n) is 26.8. The Morgan fingerprint density at radius 3 is 1.24 bits per heavy atom. The third-order valence-corrected chi connectivity index (χ3v) is 9.27. The van der Waals surface area contributed by atoms with Gasteiger partial charge < -0.3 is 9.80 Å². The molecule has 0 fully saturated rings. The maximum atomic E-state index is 2.40. The van der Waals surface area contributed by atoms with Crippen LogP contribution in [0.2, 0.25) is 0 Å². The quantitative estimate of drug-likeness (QED) is 0.189. The molecule has 0 bridgehead atoms. The third-order valence-electron chi connectivity index (χ3n) is 9.27. The molecule has 0 saturated heterocycles. The molecule has 1 aliphatic carbocycles. The van der Waals surface area contributed by atoms with Crippen molar-refractivity contribution >= 4 is 44.9 Å². The maximum absolute atomic E-state index is 2.40. The SMILES string of the molecule is Cc1ccc(N(c2ccc(C)cc2)c2ccc3c(c2)-c2cccc4c(N(c5ccc(C)cc5)c5ccc(C)cc5)ccc-3c24)cc1. The molecule has 0 amide bonds.